The van der Waals surface area contributed by atoms with Gasteiger partial charge in [-0.1, -0.05) is 6.07 Å². The number of nitrogens with zero attached hydrogens (tertiary/aromatic N) is 3. The topological polar surface area (TPSA) is 108 Å². The summed E-state index contributed by atoms with van der Waals surface area (Å²) in [5.74, 6) is -0.0679. The minimum Gasteiger partial charge on any atom is -1.00 e. The van der Waals surface area contributed by atoms with Crippen LogP contribution in [0.4, 0.5) is 5.69 Å². The number of benzene rings is 1. The van der Waals surface area contributed by atoms with Gasteiger partial charge in [-0.05, 0) is 35.7 Å². The summed E-state index contributed by atoms with van der Waals surface area (Å²) < 4.78 is 0. The van der Waals surface area contributed by atoms with Crippen LogP contribution in [0.2, 0.25) is 0 Å². The van der Waals surface area contributed by atoms with Crippen LogP contribution >= 0.6 is 11.8 Å². The van der Waals surface area contributed by atoms with E-state index in [-0.39, 0.29) is 29.9 Å². The number of rotatable bonds is 3. The average molecular weight is 498 g/mol. The predicted octanol–water partition coefficient (Wildman–Crippen LogP) is -3.10. The molecule has 0 aliphatic carbocycles. The number of hydrazone groups is 1. The van der Waals surface area contributed by atoms with Crippen LogP contribution in [0.25, 0.3) is 0 Å². The maximum absolute atomic E-state index is 11.2. The second kappa shape index (κ2) is 9.94. The molecule has 2 heterocycles. The van der Waals surface area contributed by atoms with Crippen LogP contribution in [-0.4, -0.2) is 42.2 Å². The first-order valence-corrected chi connectivity index (χ1v) is 9.91. The largest absolute Gasteiger partial charge is 1.00 e. The Morgan fingerprint density at radius 1 is 1.41 bits per heavy atom. The van der Waals surface area contributed by atoms with Crippen molar-refractivity contribution in [2.24, 2.45) is 10.8 Å². The van der Waals surface area contributed by atoms with Crippen molar-refractivity contribution >= 4 is 34.2 Å². The summed E-state index contributed by atoms with van der Waals surface area (Å²) >= 11 is 1.53. The lowest BCUT2D eigenvalue weighted by atomic mass is 9.99. The zero-order chi connectivity index (χ0) is 18.5. The summed E-state index contributed by atoms with van der Waals surface area (Å²) in [6.07, 6.45) is 4.94. The van der Waals surface area contributed by atoms with Gasteiger partial charge in [-0.25, -0.2) is 5.43 Å². The maximum atomic E-state index is 11.2. The van der Waals surface area contributed by atoms with Crippen molar-refractivity contribution < 1.29 is 33.8 Å². The Morgan fingerprint density at radius 3 is 2.74 bits per heavy atom. The molecule has 2 aliphatic heterocycles. The molecule has 9 heteroatoms. The van der Waals surface area contributed by atoms with Crippen molar-refractivity contribution in [3.8, 4) is 6.07 Å². The normalized spacial score (nSPS) is 18.2. The summed E-state index contributed by atoms with van der Waals surface area (Å²) in [5.41, 5.74) is 11.7. The third-order valence-electron chi connectivity index (χ3n) is 4.76. The van der Waals surface area contributed by atoms with Gasteiger partial charge in [0.1, 0.15) is 6.07 Å². The Balaban J connectivity index is 0.00000261. The molecule has 0 unspecified atom stereocenters. The van der Waals surface area contributed by atoms with E-state index in [9.17, 15) is 10.1 Å². The fraction of sp³-hybridized carbons (Fsp3) is 0.444. The molecule has 0 spiro atoms. The summed E-state index contributed by atoms with van der Waals surface area (Å²) in [4.78, 5) is 16.8. The molecule has 0 radical (unpaired) electrons. The van der Waals surface area contributed by atoms with Crippen molar-refractivity contribution in [2.45, 2.75) is 31.7 Å². The van der Waals surface area contributed by atoms with Gasteiger partial charge in [0, 0.05) is 38.8 Å². The number of hydrogen-bond acceptors (Lipinski definition) is 5. The van der Waals surface area contributed by atoms with Crippen LogP contribution in [0.15, 0.2) is 23.3 Å². The van der Waals surface area contributed by atoms with E-state index in [1.807, 2.05) is 24.5 Å². The third-order valence-corrected chi connectivity index (χ3v) is 5.31. The van der Waals surface area contributed by atoms with Crippen LogP contribution < -0.4 is 45.0 Å². The van der Waals surface area contributed by atoms with Crippen LogP contribution in [-0.2, 0) is 4.79 Å². The first-order chi connectivity index (χ1) is 12.6. The highest BCUT2D eigenvalue weighted by Gasteiger charge is 2.23. The zero-order valence-electron chi connectivity index (χ0n) is 15.2. The standard InChI is InChI=1S/C18H22N6OS.HI/c1-26-18(20)21-14-6-8-24(9-7-14)16-4-2-12(10-13(16)11-19)15-3-5-17(25)23-22-15;/h2,4,10,14H,3,5-9H2,1H3,(H2,20,21)(H,23,25);1H. The highest BCUT2D eigenvalue weighted by molar-refractivity contribution is 8.12. The second-order valence-electron chi connectivity index (χ2n) is 6.41. The molecule has 0 aromatic heterocycles. The molecule has 0 bridgehead atoms. The highest BCUT2D eigenvalue weighted by atomic mass is 127. The Hall–Kier alpha value is -1.80. The fourth-order valence-electron chi connectivity index (χ4n) is 3.29. The summed E-state index contributed by atoms with van der Waals surface area (Å²) in [5, 5.41) is 14.5. The van der Waals surface area contributed by atoms with Gasteiger partial charge in [-0.15, -0.1) is 0 Å². The highest BCUT2D eigenvalue weighted by Crippen LogP contribution is 2.25. The van der Waals surface area contributed by atoms with Crippen molar-refractivity contribution in [3.63, 3.8) is 0 Å². The number of hydrogen-bond donors (Lipinski definition) is 3. The number of piperidine rings is 1. The number of nitrogens with one attached hydrogen (secondary N) is 2. The Labute approximate surface area is 180 Å². The molecule has 0 saturated carbocycles. The van der Waals surface area contributed by atoms with Crippen LogP contribution in [0.5, 0.6) is 0 Å². The number of amidine groups is 1. The number of thioether (sulfide) groups is 1. The van der Waals surface area contributed by atoms with Gasteiger partial charge in [0.15, 0.2) is 0 Å². The number of anilines is 1. The van der Waals surface area contributed by atoms with Gasteiger partial charge < -0.3 is 28.9 Å². The molecule has 27 heavy (non-hydrogen) atoms. The predicted molar refractivity (Wildman–Crippen MR) is 104 cm³/mol. The number of carbonyl (C=O) groups excluding carboxylic acids is 1. The van der Waals surface area contributed by atoms with E-state index in [0.29, 0.717) is 24.4 Å². The van der Waals surface area contributed by atoms with Gasteiger partial charge in [0.05, 0.1) is 23.0 Å². The van der Waals surface area contributed by atoms with Gasteiger partial charge in [-0.2, -0.15) is 10.4 Å². The van der Waals surface area contributed by atoms with E-state index < -0.39 is 0 Å². The third kappa shape index (κ3) is 5.35. The number of nitriles is 1. The van der Waals surface area contributed by atoms with Crippen LogP contribution in [0, 0.1) is 11.3 Å². The van der Waals surface area contributed by atoms with Crippen molar-refractivity contribution in [2.75, 3.05) is 24.2 Å². The van der Waals surface area contributed by atoms with Gasteiger partial charge in [0.2, 0.25) is 5.91 Å². The van der Waals surface area contributed by atoms with Crippen LogP contribution in [0.3, 0.4) is 0 Å². The first kappa shape index (κ1) is 21.5. The van der Waals surface area contributed by atoms with E-state index in [4.69, 9.17) is 5.73 Å². The fourth-order valence-corrected chi connectivity index (χ4v) is 3.57. The molecule has 1 amide bonds. The zero-order valence-corrected chi connectivity index (χ0v) is 18.1. The molecule has 4 N–H and O–H groups in total. The summed E-state index contributed by atoms with van der Waals surface area (Å²) in [7, 11) is 0. The second-order valence-corrected chi connectivity index (χ2v) is 7.26. The number of nitrogens with two attached hydrogens (primary N) is 1. The van der Waals surface area contributed by atoms with Crippen molar-refractivity contribution in [1.29, 1.82) is 5.26 Å². The maximum Gasteiger partial charge on any atom is 0.301 e. The van der Waals surface area contributed by atoms with E-state index in [1.54, 1.807) is 0 Å². The molecule has 1 fully saturated rings. The lowest BCUT2D eigenvalue weighted by Crippen LogP contribution is -3.00. The van der Waals surface area contributed by atoms with Gasteiger partial charge in [-0.3, -0.25) is 15.5 Å². The minimum atomic E-state index is -0.0679. The lowest BCUT2D eigenvalue weighted by Gasteiger charge is -2.32. The number of amides is 1. The molecule has 0 atom stereocenters. The van der Waals surface area contributed by atoms with E-state index >= 15 is 0 Å². The smallest absolute Gasteiger partial charge is 0.301 e. The van der Waals surface area contributed by atoms with Crippen molar-refractivity contribution in [1.82, 2.24) is 5.43 Å². The molecule has 144 valence electrons. The molecule has 2 aliphatic rings. The lowest BCUT2D eigenvalue weighted by molar-refractivity contribution is -0.503. The quantitative estimate of drug-likeness (QED) is 0.233. The Morgan fingerprint density at radius 2 is 2.15 bits per heavy atom. The molecule has 3 rings (SSSR count). The monoisotopic (exact) mass is 498 g/mol. The van der Waals surface area contributed by atoms with Crippen molar-refractivity contribution in [3.05, 3.63) is 29.3 Å². The van der Waals surface area contributed by atoms with E-state index in [2.05, 4.69) is 26.5 Å². The molecule has 7 nitrogen and oxygen atoms in total. The molecule has 1 saturated heterocycles. The summed E-state index contributed by atoms with van der Waals surface area (Å²) in [6, 6.07) is 8.53. The Bertz CT molecular complexity index is 796. The molecule has 1 aromatic rings. The van der Waals surface area contributed by atoms with Gasteiger partial charge >= 0.3 is 5.17 Å². The Kier molecular flexibility index (Phi) is 7.91. The SMILES string of the molecule is CSC(N)=[NH+]C1CCN(c2ccc(C3=NNC(=O)CC3)cc2C#N)CC1.[I-]. The number of carbonyl (C=O) groups is 1. The van der Waals surface area contributed by atoms with E-state index in [1.165, 1.54) is 11.8 Å². The average Bonchev–Trinajstić information content (AvgIpc) is 2.68. The van der Waals surface area contributed by atoms with E-state index in [0.717, 1.165) is 48.1 Å². The van der Waals surface area contributed by atoms with Crippen LogP contribution in [0.1, 0.15) is 36.8 Å². The molecule has 1 aromatic carbocycles. The number of halogens is 1. The first-order valence-electron chi connectivity index (χ1n) is 8.68. The molecular formula is C18H23IN6OS. The van der Waals surface area contributed by atoms with Gasteiger partial charge in [0.25, 0.3) is 0 Å². The summed E-state index contributed by atoms with van der Waals surface area (Å²) in [6.45, 7) is 1.76. The molecular weight excluding hydrogens is 475 g/mol. The minimum absolute atomic E-state index is 0.